The quantitative estimate of drug-likeness (QED) is 0.190. The van der Waals surface area contributed by atoms with Crippen molar-refractivity contribution in [3.05, 3.63) is 163 Å². The first kappa shape index (κ1) is 28.3. The minimum absolute atomic E-state index is 0.542. The van der Waals surface area contributed by atoms with E-state index in [4.69, 9.17) is 19.4 Å². The van der Waals surface area contributed by atoms with E-state index in [0.717, 1.165) is 71.7 Å². The summed E-state index contributed by atoms with van der Waals surface area (Å²) in [6.45, 7) is 0. The van der Waals surface area contributed by atoms with E-state index in [0.29, 0.717) is 23.0 Å². The van der Waals surface area contributed by atoms with Gasteiger partial charge in [-0.2, -0.15) is 5.26 Å². The van der Waals surface area contributed by atoms with E-state index in [1.54, 1.807) is 0 Å². The molecule has 0 amide bonds. The highest BCUT2D eigenvalue weighted by atomic mass is 16.3. The first-order chi connectivity index (χ1) is 24.2. The Morgan fingerprint density at radius 3 is 1.86 bits per heavy atom. The number of hydrogen-bond acceptors (Lipinski definition) is 5. The van der Waals surface area contributed by atoms with Crippen molar-refractivity contribution < 1.29 is 4.42 Å². The number of nitriles is 1. The molecule has 0 aliphatic rings. The second kappa shape index (κ2) is 11.7. The second-order valence-corrected chi connectivity index (χ2v) is 12.0. The molecule has 9 rings (SSSR count). The molecule has 0 bridgehead atoms. The Hall–Kier alpha value is -6.90. The molecule has 5 nitrogen and oxygen atoms in total. The molecule has 0 N–H and O–H groups in total. The smallest absolute Gasteiger partial charge is 0.164 e. The Morgan fingerprint density at radius 1 is 0.429 bits per heavy atom. The molecule has 0 saturated heterocycles. The van der Waals surface area contributed by atoms with Gasteiger partial charge in [-0.05, 0) is 69.4 Å². The maximum absolute atomic E-state index is 9.77. The summed E-state index contributed by atoms with van der Waals surface area (Å²) in [6.07, 6.45) is 0. The fraction of sp³-hybridized carbons (Fsp3) is 0. The predicted octanol–water partition coefficient (Wildman–Crippen LogP) is 11.1. The number of furan rings is 1. The van der Waals surface area contributed by atoms with Crippen molar-refractivity contribution in [3.63, 3.8) is 0 Å². The van der Waals surface area contributed by atoms with Crippen LogP contribution in [-0.4, -0.2) is 15.0 Å². The molecule has 0 aliphatic carbocycles. The monoisotopic (exact) mass is 626 g/mol. The van der Waals surface area contributed by atoms with E-state index in [2.05, 4.69) is 78.9 Å². The average molecular weight is 627 g/mol. The van der Waals surface area contributed by atoms with Gasteiger partial charge in [0.15, 0.2) is 17.5 Å². The minimum Gasteiger partial charge on any atom is -0.456 e. The number of nitrogens with zero attached hydrogens (tertiary/aromatic N) is 4. The second-order valence-electron chi connectivity index (χ2n) is 12.0. The van der Waals surface area contributed by atoms with Crippen LogP contribution in [0.3, 0.4) is 0 Å². The molecular formula is C44H26N4O. The Labute approximate surface area is 282 Å². The molecule has 5 heteroatoms. The van der Waals surface area contributed by atoms with Crippen LogP contribution in [0.15, 0.2) is 162 Å². The van der Waals surface area contributed by atoms with Crippen molar-refractivity contribution in [1.82, 2.24) is 15.0 Å². The maximum Gasteiger partial charge on any atom is 0.164 e. The zero-order valence-corrected chi connectivity index (χ0v) is 26.2. The number of fused-ring (bicyclic) bond motifs is 4. The van der Waals surface area contributed by atoms with E-state index >= 15 is 0 Å². The maximum atomic E-state index is 9.77. The first-order valence-electron chi connectivity index (χ1n) is 16.1. The lowest BCUT2D eigenvalue weighted by molar-refractivity contribution is 0.669. The van der Waals surface area contributed by atoms with Gasteiger partial charge in [0.2, 0.25) is 0 Å². The molecular weight excluding hydrogens is 601 g/mol. The van der Waals surface area contributed by atoms with Crippen molar-refractivity contribution in [2.24, 2.45) is 0 Å². The van der Waals surface area contributed by atoms with E-state index in [1.165, 1.54) is 0 Å². The lowest BCUT2D eigenvalue weighted by atomic mass is 9.98. The van der Waals surface area contributed by atoms with Gasteiger partial charge < -0.3 is 4.42 Å². The Bertz CT molecular complexity index is 2740. The Morgan fingerprint density at radius 2 is 1.04 bits per heavy atom. The summed E-state index contributed by atoms with van der Waals surface area (Å²) in [6, 6.07) is 55.2. The van der Waals surface area contributed by atoms with Gasteiger partial charge in [-0.15, -0.1) is 0 Å². The zero-order valence-electron chi connectivity index (χ0n) is 26.2. The molecule has 49 heavy (non-hydrogen) atoms. The number of benzene rings is 7. The third-order valence-electron chi connectivity index (χ3n) is 8.96. The first-order valence-corrected chi connectivity index (χ1v) is 16.1. The molecule has 0 spiro atoms. The highest BCUT2D eigenvalue weighted by Gasteiger charge is 2.17. The average Bonchev–Trinajstić information content (AvgIpc) is 3.56. The van der Waals surface area contributed by atoms with Crippen LogP contribution in [0.4, 0.5) is 0 Å². The van der Waals surface area contributed by atoms with Crippen LogP contribution in [0.1, 0.15) is 5.56 Å². The highest BCUT2D eigenvalue weighted by molar-refractivity contribution is 6.13. The van der Waals surface area contributed by atoms with Crippen molar-refractivity contribution in [3.8, 4) is 62.5 Å². The third kappa shape index (κ3) is 5.09. The molecule has 2 heterocycles. The molecule has 2 aromatic heterocycles. The molecule has 0 atom stereocenters. The van der Waals surface area contributed by atoms with Gasteiger partial charge in [-0.3, -0.25) is 0 Å². The number of rotatable bonds is 5. The summed E-state index contributed by atoms with van der Waals surface area (Å²) < 4.78 is 6.44. The van der Waals surface area contributed by atoms with Crippen LogP contribution in [0.2, 0.25) is 0 Å². The molecule has 0 saturated carbocycles. The normalized spacial score (nSPS) is 11.2. The molecule has 0 fully saturated rings. The van der Waals surface area contributed by atoms with E-state index in [1.807, 2.05) is 84.9 Å². The molecule has 0 aliphatic heterocycles. The van der Waals surface area contributed by atoms with Crippen LogP contribution in [0.25, 0.3) is 89.1 Å². The fourth-order valence-corrected chi connectivity index (χ4v) is 6.57. The van der Waals surface area contributed by atoms with E-state index in [-0.39, 0.29) is 0 Å². The molecule has 228 valence electrons. The SMILES string of the molecule is N#Cc1ccccc1-c1cccc(-c2nc(-c3ccc4ccccc4c3)nc(-c3ccc4c(c3)oc3cccc(-c5ccccc5)c34)n2)c1. The number of hydrogen-bond donors (Lipinski definition) is 0. The van der Waals surface area contributed by atoms with Crippen LogP contribution in [0, 0.1) is 11.3 Å². The topological polar surface area (TPSA) is 75.6 Å². The largest absolute Gasteiger partial charge is 0.456 e. The van der Waals surface area contributed by atoms with Gasteiger partial charge in [-0.25, -0.2) is 15.0 Å². The third-order valence-corrected chi connectivity index (χ3v) is 8.96. The van der Waals surface area contributed by atoms with E-state index in [9.17, 15) is 5.26 Å². The molecule has 0 radical (unpaired) electrons. The van der Waals surface area contributed by atoms with Crippen molar-refractivity contribution in [2.45, 2.75) is 0 Å². The summed E-state index contributed by atoms with van der Waals surface area (Å²) >= 11 is 0. The molecule has 7 aromatic carbocycles. The van der Waals surface area contributed by atoms with Crippen molar-refractivity contribution >= 4 is 32.7 Å². The summed E-state index contributed by atoms with van der Waals surface area (Å²) in [4.78, 5) is 15.1. The zero-order chi connectivity index (χ0) is 32.7. The van der Waals surface area contributed by atoms with Gasteiger partial charge >= 0.3 is 0 Å². The van der Waals surface area contributed by atoms with E-state index < -0.39 is 0 Å². The van der Waals surface area contributed by atoms with Gasteiger partial charge in [-0.1, -0.05) is 121 Å². The van der Waals surface area contributed by atoms with Gasteiger partial charge in [0, 0.05) is 27.5 Å². The summed E-state index contributed by atoms with van der Waals surface area (Å²) in [5, 5.41) is 14.1. The van der Waals surface area contributed by atoms with Gasteiger partial charge in [0.05, 0.1) is 11.6 Å². The van der Waals surface area contributed by atoms with Crippen molar-refractivity contribution in [2.75, 3.05) is 0 Å². The van der Waals surface area contributed by atoms with Crippen molar-refractivity contribution in [1.29, 1.82) is 5.26 Å². The predicted molar refractivity (Wildman–Crippen MR) is 197 cm³/mol. The molecule has 9 aromatic rings. The highest BCUT2D eigenvalue weighted by Crippen LogP contribution is 2.38. The van der Waals surface area contributed by atoms with Crippen LogP contribution < -0.4 is 0 Å². The van der Waals surface area contributed by atoms with Crippen LogP contribution >= 0.6 is 0 Å². The Balaban J connectivity index is 1.22. The lowest BCUT2D eigenvalue weighted by Crippen LogP contribution is -2.00. The fourth-order valence-electron chi connectivity index (χ4n) is 6.57. The summed E-state index contributed by atoms with van der Waals surface area (Å²) in [7, 11) is 0. The standard InChI is InChI=1S/C44H26N4O/c45-27-35-14-6-7-17-36(35)31-15-8-16-32(25-31)42-46-43(33-21-20-28-10-4-5-13-30(28)24-33)48-44(47-42)34-22-23-38-40(26-34)49-39-19-9-18-37(41(38)39)29-11-2-1-3-12-29/h1-26H. The summed E-state index contributed by atoms with van der Waals surface area (Å²) in [5.74, 6) is 1.66. The Kier molecular flexibility index (Phi) is 6.78. The summed E-state index contributed by atoms with van der Waals surface area (Å²) in [5.41, 5.74) is 8.80. The lowest BCUT2D eigenvalue weighted by Gasteiger charge is -2.11. The molecule has 0 unspecified atom stereocenters. The minimum atomic E-state index is 0.542. The van der Waals surface area contributed by atoms with Gasteiger partial charge in [0.25, 0.3) is 0 Å². The van der Waals surface area contributed by atoms with Crippen LogP contribution in [-0.2, 0) is 0 Å². The van der Waals surface area contributed by atoms with Crippen LogP contribution in [0.5, 0.6) is 0 Å². The van der Waals surface area contributed by atoms with Gasteiger partial charge in [0.1, 0.15) is 11.2 Å². The number of aromatic nitrogens is 3.